The Hall–Kier alpha value is -2.43. The van der Waals surface area contributed by atoms with Crippen molar-refractivity contribution in [2.24, 2.45) is 0 Å². The molecule has 2 aliphatic heterocycles. The lowest BCUT2D eigenvalue weighted by Gasteiger charge is -2.35. The van der Waals surface area contributed by atoms with Crippen LogP contribution in [0.25, 0.3) is 5.57 Å². The van der Waals surface area contributed by atoms with Crippen molar-refractivity contribution in [2.45, 2.75) is 0 Å². The Bertz CT molecular complexity index is 982. The third kappa shape index (κ3) is 4.50. The summed E-state index contributed by atoms with van der Waals surface area (Å²) in [6.07, 6.45) is 1.65. The molecule has 8 heteroatoms. The molecule has 0 radical (unpaired) electrons. The Kier molecular flexibility index (Phi) is 6.35. The van der Waals surface area contributed by atoms with Crippen LogP contribution in [0, 0.1) is 3.57 Å². The number of fused-ring (bicyclic) bond motifs is 1. The monoisotopic (exact) mass is 518 g/mol. The van der Waals surface area contributed by atoms with Gasteiger partial charge in [0, 0.05) is 65.0 Å². The van der Waals surface area contributed by atoms with Crippen molar-refractivity contribution in [2.75, 3.05) is 49.5 Å². The lowest BCUT2D eigenvalue weighted by Crippen LogP contribution is -2.47. The lowest BCUT2D eigenvalue weighted by atomic mass is 9.95. The summed E-state index contributed by atoms with van der Waals surface area (Å²) in [4.78, 5) is 29.0. The molecular weight excluding hydrogens is 495 g/mol. The highest BCUT2D eigenvalue weighted by molar-refractivity contribution is 14.1. The SMILES string of the molecule is O=C1NC(=O)c2ccc(I)cc2/C1=C/Nc1ccc(N2CCN(CCO)CC2)cc1. The van der Waals surface area contributed by atoms with Gasteiger partial charge in [0.25, 0.3) is 11.8 Å². The first kappa shape index (κ1) is 20.8. The molecule has 2 amide bonds. The Balaban J connectivity index is 1.46. The highest BCUT2D eigenvalue weighted by Gasteiger charge is 2.27. The van der Waals surface area contributed by atoms with Crippen LogP contribution in [-0.4, -0.2) is 61.2 Å². The number of carbonyl (C=O) groups is 2. The molecule has 4 rings (SSSR count). The van der Waals surface area contributed by atoms with Crippen molar-refractivity contribution in [1.82, 2.24) is 10.2 Å². The van der Waals surface area contributed by atoms with Gasteiger partial charge in [0.15, 0.2) is 0 Å². The molecule has 156 valence electrons. The lowest BCUT2D eigenvalue weighted by molar-refractivity contribution is -0.114. The Morgan fingerprint density at radius 3 is 2.43 bits per heavy atom. The molecule has 2 aromatic rings. The summed E-state index contributed by atoms with van der Waals surface area (Å²) >= 11 is 2.17. The fraction of sp³-hybridized carbons (Fsp3) is 0.273. The average molecular weight is 518 g/mol. The summed E-state index contributed by atoms with van der Waals surface area (Å²) < 4.78 is 0.961. The number of piperazine rings is 1. The number of aliphatic hydroxyl groups is 1. The number of aliphatic hydroxyl groups excluding tert-OH is 1. The van der Waals surface area contributed by atoms with Crippen LogP contribution in [0.1, 0.15) is 15.9 Å². The molecule has 0 atom stereocenters. The van der Waals surface area contributed by atoms with E-state index < -0.39 is 5.91 Å². The van der Waals surface area contributed by atoms with Crippen molar-refractivity contribution in [3.63, 3.8) is 0 Å². The summed E-state index contributed by atoms with van der Waals surface area (Å²) in [6.45, 7) is 4.68. The van der Waals surface area contributed by atoms with Gasteiger partial charge in [-0.2, -0.15) is 0 Å². The summed E-state index contributed by atoms with van der Waals surface area (Å²) in [5.41, 5.74) is 3.59. The second kappa shape index (κ2) is 9.15. The maximum absolute atomic E-state index is 12.4. The van der Waals surface area contributed by atoms with E-state index in [2.05, 4.69) is 55.2 Å². The summed E-state index contributed by atoms with van der Waals surface area (Å²) in [5, 5.41) is 14.6. The minimum atomic E-state index is -0.403. The molecule has 0 bridgehead atoms. The van der Waals surface area contributed by atoms with Crippen molar-refractivity contribution in [3.05, 3.63) is 63.4 Å². The van der Waals surface area contributed by atoms with Crippen molar-refractivity contribution in [3.8, 4) is 0 Å². The zero-order valence-electron chi connectivity index (χ0n) is 16.4. The highest BCUT2D eigenvalue weighted by atomic mass is 127. The van der Waals surface area contributed by atoms with Crippen molar-refractivity contribution >= 4 is 51.4 Å². The van der Waals surface area contributed by atoms with Crippen LogP contribution in [0.5, 0.6) is 0 Å². The van der Waals surface area contributed by atoms with Crippen LogP contribution in [0.4, 0.5) is 11.4 Å². The van der Waals surface area contributed by atoms with E-state index in [1.165, 1.54) is 0 Å². The summed E-state index contributed by atoms with van der Waals surface area (Å²) in [5.74, 6) is -0.772. The summed E-state index contributed by atoms with van der Waals surface area (Å²) in [6, 6.07) is 13.5. The van der Waals surface area contributed by atoms with Gasteiger partial charge < -0.3 is 15.3 Å². The van der Waals surface area contributed by atoms with Crippen LogP contribution in [0.2, 0.25) is 0 Å². The van der Waals surface area contributed by atoms with Crippen LogP contribution >= 0.6 is 22.6 Å². The van der Waals surface area contributed by atoms with E-state index in [0.717, 1.165) is 47.7 Å². The standard InChI is InChI=1S/C22H23IN4O3/c23-15-1-6-18-19(13-15)20(22(30)25-21(18)29)14-24-16-2-4-17(5-3-16)27-9-7-26(8-10-27)11-12-28/h1-6,13-14,24,28H,7-12H2,(H,25,29,30)/b20-14-. The summed E-state index contributed by atoms with van der Waals surface area (Å²) in [7, 11) is 0. The number of nitrogens with zero attached hydrogens (tertiary/aromatic N) is 2. The van der Waals surface area contributed by atoms with Gasteiger partial charge in [-0.15, -0.1) is 0 Å². The van der Waals surface area contributed by atoms with E-state index in [1.54, 1.807) is 12.3 Å². The van der Waals surface area contributed by atoms with Crippen molar-refractivity contribution < 1.29 is 14.7 Å². The molecule has 2 heterocycles. The molecule has 0 saturated carbocycles. The molecule has 2 aliphatic rings. The Morgan fingerprint density at radius 2 is 1.73 bits per heavy atom. The smallest absolute Gasteiger partial charge is 0.260 e. The fourth-order valence-corrected chi connectivity index (χ4v) is 4.23. The van der Waals surface area contributed by atoms with E-state index in [0.29, 0.717) is 16.7 Å². The first-order valence-corrected chi connectivity index (χ1v) is 10.9. The van der Waals surface area contributed by atoms with Crippen LogP contribution < -0.4 is 15.5 Å². The minimum Gasteiger partial charge on any atom is -0.395 e. The number of amides is 2. The van der Waals surface area contributed by atoms with Crippen LogP contribution in [0.3, 0.4) is 0 Å². The molecule has 1 fully saturated rings. The zero-order chi connectivity index (χ0) is 21.1. The number of halogens is 1. The molecule has 7 nitrogen and oxygen atoms in total. The molecule has 3 N–H and O–H groups in total. The average Bonchev–Trinajstić information content (AvgIpc) is 2.74. The molecule has 2 aromatic carbocycles. The van der Waals surface area contributed by atoms with Crippen molar-refractivity contribution in [1.29, 1.82) is 0 Å². The predicted molar refractivity (Wildman–Crippen MR) is 125 cm³/mol. The first-order valence-electron chi connectivity index (χ1n) is 9.85. The number of hydrogen-bond acceptors (Lipinski definition) is 6. The second-order valence-electron chi connectivity index (χ2n) is 7.27. The second-order valence-corrected chi connectivity index (χ2v) is 8.52. The maximum Gasteiger partial charge on any atom is 0.260 e. The van der Waals surface area contributed by atoms with E-state index in [4.69, 9.17) is 5.11 Å². The number of hydrogen-bond donors (Lipinski definition) is 3. The third-order valence-corrected chi connectivity index (χ3v) is 6.06. The maximum atomic E-state index is 12.4. The van der Waals surface area contributed by atoms with E-state index in [-0.39, 0.29) is 12.5 Å². The van der Waals surface area contributed by atoms with Gasteiger partial charge in [0.1, 0.15) is 0 Å². The molecule has 0 unspecified atom stereocenters. The molecule has 0 aromatic heterocycles. The molecule has 0 spiro atoms. The zero-order valence-corrected chi connectivity index (χ0v) is 18.6. The fourth-order valence-electron chi connectivity index (χ4n) is 3.74. The number of carbonyl (C=O) groups excluding carboxylic acids is 2. The Morgan fingerprint density at radius 1 is 1.00 bits per heavy atom. The normalized spacial score (nSPS) is 18.3. The van der Waals surface area contributed by atoms with E-state index in [9.17, 15) is 9.59 Å². The molecule has 30 heavy (non-hydrogen) atoms. The van der Waals surface area contributed by atoms with Gasteiger partial charge >= 0.3 is 0 Å². The topological polar surface area (TPSA) is 84.9 Å². The van der Waals surface area contributed by atoms with Crippen LogP contribution in [0.15, 0.2) is 48.7 Å². The van der Waals surface area contributed by atoms with Gasteiger partial charge in [0.05, 0.1) is 12.2 Å². The molecular formula is C22H23IN4O3. The number of rotatable bonds is 5. The van der Waals surface area contributed by atoms with Gasteiger partial charge in [-0.25, -0.2) is 0 Å². The number of nitrogens with one attached hydrogen (secondary N) is 2. The van der Waals surface area contributed by atoms with Gasteiger partial charge in [-0.05, 0) is 65.1 Å². The quantitative estimate of drug-likeness (QED) is 0.320. The van der Waals surface area contributed by atoms with Gasteiger partial charge in [0.2, 0.25) is 0 Å². The Labute approximate surface area is 188 Å². The first-order chi connectivity index (χ1) is 14.5. The number of β-amino-alcohol motifs (C(OH)–C–C–N with tert-alkyl or cyclic N) is 1. The predicted octanol–water partition coefficient (Wildman–Crippen LogP) is 2.13. The largest absolute Gasteiger partial charge is 0.395 e. The van der Waals surface area contributed by atoms with E-state index in [1.807, 2.05) is 24.3 Å². The number of anilines is 2. The van der Waals surface area contributed by atoms with Gasteiger partial charge in [-0.3, -0.25) is 19.8 Å². The number of benzene rings is 2. The van der Waals surface area contributed by atoms with Crippen LogP contribution in [-0.2, 0) is 4.79 Å². The molecule has 1 saturated heterocycles. The van der Waals surface area contributed by atoms with E-state index >= 15 is 0 Å². The molecule has 0 aliphatic carbocycles. The third-order valence-electron chi connectivity index (χ3n) is 5.39. The minimum absolute atomic E-state index is 0.200. The highest BCUT2D eigenvalue weighted by Crippen LogP contribution is 2.26. The number of imide groups is 1. The van der Waals surface area contributed by atoms with Gasteiger partial charge in [-0.1, -0.05) is 0 Å².